The lowest BCUT2D eigenvalue weighted by Crippen LogP contribution is -2.23. The molecule has 1 atom stereocenters. The van der Waals surface area contributed by atoms with Crippen molar-refractivity contribution in [3.63, 3.8) is 0 Å². The smallest absolute Gasteiger partial charge is 0.329 e. The van der Waals surface area contributed by atoms with Gasteiger partial charge in [-0.15, -0.1) is 5.10 Å². The molecule has 3 aromatic heterocycles. The van der Waals surface area contributed by atoms with Crippen molar-refractivity contribution in [2.75, 3.05) is 18.5 Å². The number of rotatable bonds is 9. The van der Waals surface area contributed by atoms with Crippen molar-refractivity contribution >= 4 is 29.2 Å². The summed E-state index contributed by atoms with van der Waals surface area (Å²) in [6.45, 7) is -0.904. The maximum Gasteiger partial charge on any atom is 0.329 e. The van der Waals surface area contributed by atoms with Crippen LogP contribution in [0, 0.1) is 0 Å². The van der Waals surface area contributed by atoms with E-state index >= 15 is 0 Å². The molecule has 14 heteroatoms. The molecule has 0 saturated heterocycles. The number of aryl methyl sites for hydroxylation is 1. The molecular formula is C28H23ClN8O5. The number of pyridine rings is 1. The second-order valence-electron chi connectivity index (χ2n) is 9.61. The number of anilines is 1. The average molecular weight is 587 g/mol. The van der Waals surface area contributed by atoms with Crippen molar-refractivity contribution in [1.29, 1.82) is 0 Å². The fourth-order valence-corrected chi connectivity index (χ4v) is 5.21. The van der Waals surface area contributed by atoms with E-state index < -0.39 is 18.5 Å². The number of ether oxygens (including phenoxy) is 1. The Balaban J connectivity index is 1.21. The summed E-state index contributed by atoms with van der Waals surface area (Å²) in [6.07, 6.45) is 4.59. The van der Waals surface area contributed by atoms with Gasteiger partial charge in [-0.1, -0.05) is 23.7 Å². The van der Waals surface area contributed by atoms with E-state index in [2.05, 4.69) is 30.8 Å². The zero-order valence-corrected chi connectivity index (χ0v) is 22.7. The monoisotopic (exact) mass is 586 g/mol. The zero-order valence-electron chi connectivity index (χ0n) is 21.9. The van der Waals surface area contributed by atoms with Crippen LogP contribution in [0.3, 0.4) is 0 Å². The summed E-state index contributed by atoms with van der Waals surface area (Å²) in [7, 11) is 0. The summed E-state index contributed by atoms with van der Waals surface area (Å²) >= 11 is 6.30. The van der Waals surface area contributed by atoms with Crippen molar-refractivity contribution in [3.05, 3.63) is 94.0 Å². The highest BCUT2D eigenvalue weighted by Gasteiger charge is 2.28. The highest BCUT2D eigenvalue weighted by atomic mass is 35.5. The van der Waals surface area contributed by atoms with Gasteiger partial charge in [0.1, 0.15) is 25.4 Å². The summed E-state index contributed by atoms with van der Waals surface area (Å²) in [6, 6.07) is 15.8. The first-order chi connectivity index (χ1) is 20.4. The molecule has 6 rings (SSSR count). The van der Waals surface area contributed by atoms with Gasteiger partial charge in [0, 0.05) is 28.0 Å². The second-order valence-corrected chi connectivity index (χ2v) is 10.0. The number of carboxylic acid groups (broad SMARTS) is 1. The van der Waals surface area contributed by atoms with E-state index in [1.165, 1.54) is 11.0 Å². The molecule has 1 aliphatic heterocycles. The molecule has 0 radical (unpaired) electrons. The number of nitrogens with zero attached hydrogens (tertiary/aromatic N) is 6. The number of benzene rings is 2. The number of hydrogen-bond donors (Lipinski definition) is 3. The fraction of sp³-hybridized carbons (Fsp3) is 0.179. The minimum absolute atomic E-state index is 0.155. The number of H-pyrrole nitrogens is 1. The molecule has 0 aliphatic carbocycles. The van der Waals surface area contributed by atoms with Crippen LogP contribution in [0.5, 0.6) is 0 Å². The predicted octanol–water partition coefficient (Wildman–Crippen LogP) is 3.11. The lowest BCUT2D eigenvalue weighted by molar-refractivity contribution is -0.143. The number of fused-ring (bicyclic) bond motifs is 1. The Bertz CT molecular complexity index is 1830. The Labute approximate surface area is 242 Å². The van der Waals surface area contributed by atoms with Crippen molar-refractivity contribution in [3.8, 4) is 28.1 Å². The molecule has 1 amide bonds. The molecule has 0 saturated carbocycles. The predicted molar refractivity (Wildman–Crippen MR) is 151 cm³/mol. The molecule has 0 bridgehead atoms. The van der Waals surface area contributed by atoms with Crippen LogP contribution >= 0.6 is 11.6 Å². The highest BCUT2D eigenvalue weighted by molar-refractivity contribution is 6.31. The van der Waals surface area contributed by atoms with Crippen molar-refractivity contribution in [1.82, 2.24) is 34.7 Å². The van der Waals surface area contributed by atoms with Crippen LogP contribution in [0.15, 0.2) is 71.9 Å². The number of tetrazole rings is 1. The number of hydrogen-bond acceptors (Lipinski definition) is 8. The van der Waals surface area contributed by atoms with Gasteiger partial charge >= 0.3 is 5.97 Å². The summed E-state index contributed by atoms with van der Waals surface area (Å²) in [5.74, 6) is -0.928. The Morgan fingerprint density at radius 1 is 1.10 bits per heavy atom. The Kier molecular flexibility index (Phi) is 7.33. The Morgan fingerprint density at radius 3 is 2.69 bits per heavy atom. The number of aliphatic carboxylic acids is 1. The molecule has 42 heavy (non-hydrogen) atoms. The van der Waals surface area contributed by atoms with Crippen LogP contribution in [-0.2, 0) is 20.7 Å². The van der Waals surface area contributed by atoms with Crippen LogP contribution in [0.1, 0.15) is 24.0 Å². The number of imidazole rings is 1. The molecule has 2 aromatic carbocycles. The maximum absolute atomic E-state index is 13.4. The topological polar surface area (TPSA) is 170 Å². The Morgan fingerprint density at radius 2 is 1.93 bits per heavy atom. The molecule has 0 spiro atoms. The van der Waals surface area contributed by atoms with E-state index in [1.807, 2.05) is 24.3 Å². The second kappa shape index (κ2) is 11.4. The van der Waals surface area contributed by atoms with E-state index in [1.54, 1.807) is 41.1 Å². The van der Waals surface area contributed by atoms with Crippen molar-refractivity contribution < 1.29 is 19.4 Å². The van der Waals surface area contributed by atoms with Gasteiger partial charge in [0.15, 0.2) is 0 Å². The summed E-state index contributed by atoms with van der Waals surface area (Å²) < 4.78 is 8.09. The number of aromatic nitrogens is 7. The van der Waals surface area contributed by atoms with E-state index in [0.717, 1.165) is 28.1 Å². The lowest BCUT2D eigenvalue weighted by Gasteiger charge is -2.15. The number of carbonyl (C=O) groups is 2. The van der Waals surface area contributed by atoms with Gasteiger partial charge in [-0.3, -0.25) is 9.59 Å². The van der Waals surface area contributed by atoms with Gasteiger partial charge in [0.25, 0.3) is 5.56 Å². The number of halogens is 1. The van der Waals surface area contributed by atoms with Gasteiger partial charge in [-0.2, -0.15) is 4.68 Å². The Hall–Kier alpha value is -5.14. The zero-order chi connectivity index (χ0) is 29.2. The highest BCUT2D eigenvalue weighted by Crippen LogP contribution is 2.34. The van der Waals surface area contributed by atoms with Crippen LogP contribution in [0.4, 0.5) is 5.69 Å². The van der Waals surface area contributed by atoms with Crippen molar-refractivity contribution in [2.45, 2.75) is 18.9 Å². The number of aromatic amines is 1. The molecule has 4 heterocycles. The molecule has 0 fully saturated rings. The summed E-state index contributed by atoms with van der Waals surface area (Å²) in [5, 5.41) is 23.2. The molecule has 5 aromatic rings. The molecule has 212 valence electrons. The third-order valence-electron chi connectivity index (χ3n) is 6.85. The van der Waals surface area contributed by atoms with Crippen LogP contribution in [-0.4, -0.2) is 64.9 Å². The van der Waals surface area contributed by atoms with Crippen LogP contribution < -0.4 is 10.9 Å². The lowest BCUT2D eigenvalue weighted by atomic mass is 10.0. The largest absolute Gasteiger partial charge is 0.480 e. The van der Waals surface area contributed by atoms with Gasteiger partial charge in [0.05, 0.1) is 23.6 Å². The SMILES string of the molecule is O=C(O)COCC(=O)Nc1ccc(-c2cnc([C@@H]3CCc4cc(-c5cc(Cl)ccc5-n5cnnn5)cc(=O)n43)[nH]2)cc1. The fourth-order valence-electron chi connectivity index (χ4n) is 5.03. The van der Waals surface area contributed by atoms with Gasteiger partial charge < -0.3 is 24.7 Å². The molecular weight excluding hydrogens is 564 g/mol. The number of carbonyl (C=O) groups excluding carboxylic acids is 1. The standard InChI is InChI=1S/C28H23ClN8O5/c29-18-3-7-23(36-15-31-34-35-36)21(11-18)17-9-20-6-8-24(37(20)26(39)10-17)28-30-12-22(33-28)16-1-4-19(5-2-16)32-25(38)13-42-14-27(40)41/h1-5,7,9-12,15,24H,6,8,13-14H2,(H,30,33)(H,32,38)(H,40,41)/t24-/m0/s1. The molecule has 13 nitrogen and oxygen atoms in total. The normalized spacial score (nSPS) is 14.1. The van der Waals surface area contributed by atoms with Crippen LogP contribution in [0.25, 0.3) is 28.1 Å². The van der Waals surface area contributed by atoms with E-state index in [0.29, 0.717) is 35.1 Å². The number of carboxylic acids is 1. The third-order valence-corrected chi connectivity index (χ3v) is 7.08. The average Bonchev–Trinajstić information content (AvgIpc) is 3.74. The van der Waals surface area contributed by atoms with Gasteiger partial charge in [-0.05, 0) is 70.8 Å². The van der Waals surface area contributed by atoms with Gasteiger partial charge in [-0.25, -0.2) is 9.78 Å². The minimum Gasteiger partial charge on any atom is -0.480 e. The summed E-state index contributed by atoms with van der Waals surface area (Å²) in [4.78, 5) is 43.8. The molecule has 1 aliphatic rings. The van der Waals surface area contributed by atoms with Crippen molar-refractivity contribution in [2.24, 2.45) is 0 Å². The van der Waals surface area contributed by atoms with Crippen LogP contribution in [0.2, 0.25) is 5.02 Å². The first-order valence-corrected chi connectivity index (χ1v) is 13.3. The number of amides is 1. The first-order valence-electron chi connectivity index (χ1n) is 12.9. The maximum atomic E-state index is 13.4. The third kappa shape index (κ3) is 5.55. The molecule has 0 unspecified atom stereocenters. The van der Waals surface area contributed by atoms with E-state index in [4.69, 9.17) is 21.4 Å². The quantitative estimate of drug-likeness (QED) is 0.235. The van der Waals surface area contributed by atoms with Gasteiger partial charge in [0.2, 0.25) is 5.91 Å². The first kappa shape index (κ1) is 27.1. The van der Waals surface area contributed by atoms with E-state index in [9.17, 15) is 14.4 Å². The van der Waals surface area contributed by atoms with E-state index in [-0.39, 0.29) is 18.2 Å². The number of nitrogens with one attached hydrogen (secondary N) is 2. The summed E-state index contributed by atoms with van der Waals surface area (Å²) in [5.41, 5.74) is 5.04. The molecule has 3 N–H and O–H groups in total. The minimum atomic E-state index is -1.14.